The molecule has 0 saturated heterocycles. The summed E-state index contributed by atoms with van der Waals surface area (Å²) in [5.74, 6) is 0. The Morgan fingerprint density at radius 1 is 0.923 bits per heavy atom. The van der Waals surface area contributed by atoms with Gasteiger partial charge in [-0.05, 0) is 35.9 Å². The monoisotopic (exact) mass is 368 g/mol. The van der Waals surface area contributed by atoms with Crippen LogP contribution in [0.15, 0.2) is 48.7 Å². The number of alkyl halides is 6. The molecule has 3 aromatic rings. The summed E-state index contributed by atoms with van der Waals surface area (Å²) >= 11 is 0. The van der Waals surface area contributed by atoms with Crippen molar-refractivity contribution in [2.75, 3.05) is 0 Å². The average Bonchev–Trinajstić information content (AvgIpc) is 2.96. The van der Waals surface area contributed by atoms with Gasteiger partial charge in [0.1, 0.15) is 0 Å². The number of benzene rings is 2. The lowest BCUT2D eigenvalue weighted by Crippen LogP contribution is -2.15. The molecule has 0 saturated carbocycles. The zero-order valence-corrected chi connectivity index (χ0v) is 13.0. The predicted octanol–water partition coefficient (Wildman–Crippen LogP) is 5.60. The fourth-order valence-electron chi connectivity index (χ4n) is 2.80. The Kier molecular flexibility index (Phi) is 4.18. The highest BCUT2D eigenvalue weighted by Gasteiger charge is 2.38. The van der Waals surface area contributed by atoms with Crippen LogP contribution >= 0.6 is 0 Å². The van der Waals surface area contributed by atoms with E-state index in [0.717, 1.165) is 6.07 Å². The number of halogens is 6. The molecule has 0 bridgehead atoms. The highest BCUT2D eigenvalue weighted by Crippen LogP contribution is 2.37. The zero-order chi connectivity index (χ0) is 19.1. The van der Waals surface area contributed by atoms with Gasteiger partial charge in [-0.15, -0.1) is 0 Å². The highest BCUT2D eigenvalue weighted by atomic mass is 19.4. The van der Waals surface area contributed by atoms with Gasteiger partial charge < -0.3 is 4.57 Å². The largest absolute Gasteiger partial charge is 0.416 e. The maximum absolute atomic E-state index is 13.3. The Labute approximate surface area is 143 Å². The maximum Gasteiger partial charge on any atom is 0.416 e. The first kappa shape index (κ1) is 17.9. The van der Waals surface area contributed by atoms with Gasteiger partial charge in [-0.3, -0.25) is 0 Å². The topological polar surface area (TPSA) is 28.7 Å². The quantitative estimate of drug-likeness (QED) is 0.542. The van der Waals surface area contributed by atoms with Crippen molar-refractivity contribution < 1.29 is 26.3 Å². The molecule has 0 N–H and O–H groups in total. The van der Waals surface area contributed by atoms with Crippen LogP contribution in [0.5, 0.6) is 0 Å². The first-order valence-electron chi connectivity index (χ1n) is 7.36. The maximum atomic E-state index is 13.3. The first-order valence-corrected chi connectivity index (χ1v) is 7.36. The van der Waals surface area contributed by atoms with E-state index in [-0.39, 0.29) is 18.2 Å². The number of hydrogen-bond donors (Lipinski definition) is 0. The number of nitriles is 1. The molecular formula is C18H10F6N2. The third-order valence-electron chi connectivity index (χ3n) is 4.02. The van der Waals surface area contributed by atoms with E-state index in [0.29, 0.717) is 22.5 Å². The van der Waals surface area contributed by atoms with E-state index in [1.807, 2.05) is 6.07 Å². The van der Waals surface area contributed by atoms with Crippen molar-refractivity contribution >= 4 is 10.9 Å². The minimum Gasteiger partial charge on any atom is -0.343 e. The third kappa shape index (κ3) is 3.25. The van der Waals surface area contributed by atoms with Gasteiger partial charge in [0.15, 0.2) is 0 Å². The first-order chi connectivity index (χ1) is 12.1. The van der Waals surface area contributed by atoms with Crippen LogP contribution in [-0.4, -0.2) is 4.57 Å². The fraction of sp³-hybridized carbons (Fsp3) is 0.167. The summed E-state index contributed by atoms with van der Waals surface area (Å²) in [5.41, 5.74) is -2.07. The third-order valence-corrected chi connectivity index (χ3v) is 4.02. The second-order valence-corrected chi connectivity index (χ2v) is 5.66. The number of hydrogen-bond acceptors (Lipinski definition) is 1. The van der Waals surface area contributed by atoms with Crippen molar-refractivity contribution in [2.45, 2.75) is 18.9 Å². The Hall–Kier alpha value is -2.95. The molecular weight excluding hydrogens is 358 g/mol. The Morgan fingerprint density at radius 2 is 1.65 bits per heavy atom. The van der Waals surface area contributed by atoms with Crippen LogP contribution in [0.1, 0.15) is 22.3 Å². The van der Waals surface area contributed by atoms with E-state index in [9.17, 15) is 26.3 Å². The molecule has 0 aliphatic rings. The van der Waals surface area contributed by atoms with Gasteiger partial charge in [0.25, 0.3) is 0 Å². The highest BCUT2D eigenvalue weighted by molar-refractivity contribution is 5.86. The van der Waals surface area contributed by atoms with Gasteiger partial charge in [0, 0.05) is 23.6 Å². The number of rotatable bonds is 2. The molecule has 0 unspecified atom stereocenters. The van der Waals surface area contributed by atoms with Gasteiger partial charge in [-0.25, -0.2) is 0 Å². The summed E-state index contributed by atoms with van der Waals surface area (Å²) in [6, 6.07) is 9.98. The molecule has 3 rings (SSSR count). The molecule has 134 valence electrons. The van der Waals surface area contributed by atoms with Crippen molar-refractivity contribution in [3.05, 3.63) is 70.9 Å². The Morgan fingerprint density at radius 3 is 2.27 bits per heavy atom. The number of nitrogens with zero attached hydrogens (tertiary/aromatic N) is 2. The fourth-order valence-corrected chi connectivity index (χ4v) is 2.80. The predicted molar refractivity (Wildman–Crippen MR) is 82.2 cm³/mol. The SMILES string of the molecule is N#Cc1cccc2c1ccn2Cc1ccc(C(F)(F)F)cc1C(F)(F)F. The van der Waals surface area contributed by atoms with Gasteiger partial charge in [0.05, 0.1) is 22.8 Å². The molecule has 0 radical (unpaired) electrons. The van der Waals surface area contributed by atoms with Crippen LogP contribution in [0.25, 0.3) is 10.9 Å². The molecule has 1 heterocycles. The molecule has 0 spiro atoms. The molecule has 0 amide bonds. The molecule has 1 aromatic heterocycles. The molecule has 2 aromatic carbocycles. The van der Waals surface area contributed by atoms with Crippen molar-refractivity contribution in [3.63, 3.8) is 0 Å². The summed E-state index contributed by atoms with van der Waals surface area (Å²) in [6.07, 6.45) is -8.28. The Balaban J connectivity index is 2.10. The molecule has 8 heteroatoms. The van der Waals surface area contributed by atoms with E-state index < -0.39 is 23.5 Å². The van der Waals surface area contributed by atoms with Crippen LogP contribution < -0.4 is 0 Å². The molecule has 26 heavy (non-hydrogen) atoms. The molecule has 2 nitrogen and oxygen atoms in total. The van der Waals surface area contributed by atoms with Gasteiger partial charge >= 0.3 is 12.4 Å². The second-order valence-electron chi connectivity index (χ2n) is 5.66. The van der Waals surface area contributed by atoms with Crippen molar-refractivity contribution in [1.29, 1.82) is 5.26 Å². The average molecular weight is 368 g/mol. The molecule has 0 fully saturated rings. The van der Waals surface area contributed by atoms with Gasteiger partial charge in [-0.2, -0.15) is 31.6 Å². The smallest absolute Gasteiger partial charge is 0.343 e. The van der Waals surface area contributed by atoms with E-state index in [4.69, 9.17) is 5.26 Å². The van der Waals surface area contributed by atoms with E-state index in [1.165, 1.54) is 10.8 Å². The van der Waals surface area contributed by atoms with E-state index in [2.05, 4.69) is 0 Å². The summed E-state index contributed by atoms with van der Waals surface area (Å²) in [6.45, 7) is -0.272. The lowest BCUT2D eigenvalue weighted by atomic mass is 10.0. The van der Waals surface area contributed by atoms with Crippen molar-refractivity contribution in [3.8, 4) is 6.07 Å². The van der Waals surface area contributed by atoms with Gasteiger partial charge in [0.2, 0.25) is 0 Å². The van der Waals surface area contributed by atoms with Crippen molar-refractivity contribution in [1.82, 2.24) is 4.57 Å². The van der Waals surface area contributed by atoms with E-state index in [1.54, 1.807) is 24.3 Å². The summed E-state index contributed by atoms with van der Waals surface area (Å²) < 4.78 is 79.5. The standard InChI is InChI=1S/C18H10F6N2/c19-17(20,21)13-5-4-12(15(8-13)18(22,23)24)10-26-7-6-14-11(9-25)2-1-3-16(14)26/h1-8H,10H2. The number of aromatic nitrogens is 1. The molecule has 0 aliphatic carbocycles. The van der Waals surface area contributed by atoms with Crippen LogP contribution in [0.3, 0.4) is 0 Å². The summed E-state index contributed by atoms with van der Waals surface area (Å²) in [5, 5.41) is 9.64. The lowest BCUT2D eigenvalue weighted by molar-refractivity contribution is -0.143. The Bertz CT molecular complexity index is 1010. The summed E-state index contributed by atoms with van der Waals surface area (Å²) in [7, 11) is 0. The summed E-state index contributed by atoms with van der Waals surface area (Å²) in [4.78, 5) is 0. The minimum absolute atomic E-state index is 0.127. The zero-order valence-electron chi connectivity index (χ0n) is 13.0. The number of fused-ring (bicyclic) bond motifs is 1. The van der Waals surface area contributed by atoms with Crippen molar-refractivity contribution in [2.24, 2.45) is 0 Å². The van der Waals surface area contributed by atoms with Crippen LogP contribution in [-0.2, 0) is 18.9 Å². The van der Waals surface area contributed by atoms with Gasteiger partial charge in [-0.1, -0.05) is 12.1 Å². The van der Waals surface area contributed by atoms with E-state index >= 15 is 0 Å². The normalized spacial score (nSPS) is 12.3. The second kappa shape index (κ2) is 6.09. The van der Waals surface area contributed by atoms with Crippen LogP contribution in [0.4, 0.5) is 26.3 Å². The molecule has 0 atom stereocenters. The minimum atomic E-state index is -4.92. The van der Waals surface area contributed by atoms with Crippen LogP contribution in [0.2, 0.25) is 0 Å². The molecule has 0 aliphatic heterocycles. The van der Waals surface area contributed by atoms with Crippen LogP contribution in [0, 0.1) is 11.3 Å². The lowest BCUT2D eigenvalue weighted by Gasteiger charge is -2.17.